The van der Waals surface area contributed by atoms with E-state index < -0.39 is 0 Å². The number of nitrogens with one attached hydrogen (secondary N) is 2. The molecule has 2 aromatic heterocycles. The Hall–Kier alpha value is -2.31. The highest BCUT2D eigenvalue weighted by atomic mass is 16.5. The van der Waals surface area contributed by atoms with Gasteiger partial charge in [-0.15, -0.1) is 0 Å². The van der Waals surface area contributed by atoms with Gasteiger partial charge >= 0.3 is 5.97 Å². The third-order valence-corrected chi connectivity index (χ3v) is 2.66. The number of imidazole rings is 1. The molecule has 0 saturated carbocycles. The normalized spacial score (nSPS) is 10.5. The number of esters is 1. The smallest absolute Gasteiger partial charge is 0.307 e. The molecule has 108 valence electrons. The fraction of sp³-hybridized carbons (Fsp3) is 0.462. The van der Waals surface area contributed by atoms with E-state index in [2.05, 4.69) is 20.6 Å². The van der Waals surface area contributed by atoms with Gasteiger partial charge in [0.1, 0.15) is 5.82 Å². The maximum atomic E-state index is 11.3. The van der Waals surface area contributed by atoms with Crippen molar-refractivity contribution in [2.45, 2.75) is 20.3 Å². The first kappa shape index (κ1) is 14.1. The van der Waals surface area contributed by atoms with Crippen LogP contribution in [0.4, 0.5) is 11.6 Å². The Kier molecular flexibility index (Phi) is 4.75. The topological polar surface area (TPSA) is 80.5 Å². The van der Waals surface area contributed by atoms with Gasteiger partial charge in [-0.3, -0.25) is 4.79 Å². The molecule has 0 spiro atoms. The van der Waals surface area contributed by atoms with Crippen molar-refractivity contribution in [3.05, 3.63) is 18.6 Å². The number of rotatable bonds is 7. The third kappa shape index (κ3) is 3.37. The zero-order chi connectivity index (χ0) is 14.4. The van der Waals surface area contributed by atoms with E-state index in [-0.39, 0.29) is 5.97 Å². The molecule has 0 unspecified atom stereocenters. The summed E-state index contributed by atoms with van der Waals surface area (Å²) in [6, 6.07) is 0. The molecule has 0 saturated heterocycles. The van der Waals surface area contributed by atoms with Crippen molar-refractivity contribution >= 4 is 23.3 Å². The number of hydrogen-bond acceptors (Lipinski definition) is 6. The highest BCUT2D eigenvalue weighted by Crippen LogP contribution is 2.16. The van der Waals surface area contributed by atoms with Crippen LogP contribution in [0.25, 0.3) is 5.65 Å². The number of anilines is 2. The quantitative estimate of drug-likeness (QED) is 0.747. The van der Waals surface area contributed by atoms with Gasteiger partial charge in [0, 0.05) is 25.5 Å². The molecule has 0 aliphatic carbocycles. The number of ether oxygens (including phenoxy) is 1. The van der Waals surface area contributed by atoms with Gasteiger partial charge in [-0.05, 0) is 13.8 Å². The van der Waals surface area contributed by atoms with Crippen molar-refractivity contribution < 1.29 is 9.53 Å². The van der Waals surface area contributed by atoms with Crippen LogP contribution < -0.4 is 10.6 Å². The summed E-state index contributed by atoms with van der Waals surface area (Å²) in [4.78, 5) is 20.0. The number of fused-ring (bicyclic) bond motifs is 1. The van der Waals surface area contributed by atoms with Crippen LogP contribution in [0.2, 0.25) is 0 Å². The van der Waals surface area contributed by atoms with Crippen LogP contribution in [-0.4, -0.2) is 40.0 Å². The first-order chi connectivity index (χ1) is 9.74. The van der Waals surface area contributed by atoms with Crippen molar-refractivity contribution in [1.82, 2.24) is 14.4 Å². The summed E-state index contributed by atoms with van der Waals surface area (Å²) < 4.78 is 6.77. The summed E-state index contributed by atoms with van der Waals surface area (Å²) in [5.41, 5.74) is 0.732. The van der Waals surface area contributed by atoms with Crippen LogP contribution in [0.1, 0.15) is 20.3 Å². The van der Waals surface area contributed by atoms with Crippen LogP contribution in [0, 0.1) is 0 Å². The Labute approximate surface area is 117 Å². The van der Waals surface area contributed by atoms with Gasteiger partial charge in [-0.2, -0.15) is 0 Å². The summed E-state index contributed by atoms with van der Waals surface area (Å²) in [6.45, 7) is 5.45. The molecule has 0 atom stereocenters. The average molecular weight is 277 g/mol. The van der Waals surface area contributed by atoms with Crippen molar-refractivity contribution in [2.75, 3.05) is 30.3 Å². The molecule has 7 heteroatoms. The van der Waals surface area contributed by atoms with Gasteiger partial charge in [0.2, 0.25) is 0 Å². The number of carbonyl (C=O) groups is 1. The minimum atomic E-state index is -0.220. The minimum absolute atomic E-state index is 0.220. The SMILES string of the molecule is CCNc1cn2ccnc2c(NCCC(=O)OCC)n1. The molecule has 0 aromatic carbocycles. The summed E-state index contributed by atoms with van der Waals surface area (Å²) in [5.74, 6) is 1.19. The summed E-state index contributed by atoms with van der Waals surface area (Å²) in [7, 11) is 0. The standard InChI is InChI=1S/C13H19N5O2/c1-3-14-10-9-18-8-7-16-13(18)12(17-10)15-6-5-11(19)20-4-2/h7-9,14H,3-6H2,1-2H3,(H,15,17). The molecule has 2 heterocycles. The van der Waals surface area contributed by atoms with E-state index in [4.69, 9.17) is 4.74 Å². The molecule has 0 aliphatic rings. The Bertz CT molecular complexity index is 581. The average Bonchev–Trinajstić information content (AvgIpc) is 2.88. The Morgan fingerprint density at radius 1 is 1.40 bits per heavy atom. The Morgan fingerprint density at radius 3 is 3.00 bits per heavy atom. The van der Waals surface area contributed by atoms with Crippen molar-refractivity contribution in [2.24, 2.45) is 0 Å². The Balaban J connectivity index is 2.07. The Morgan fingerprint density at radius 2 is 2.25 bits per heavy atom. The highest BCUT2D eigenvalue weighted by Gasteiger charge is 2.08. The molecule has 0 aliphatic heterocycles. The molecule has 0 bridgehead atoms. The summed E-state index contributed by atoms with van der Waals surface area (Å²) in [5, 5.41) is 6.28. The van der Waals surface area contributed by atoms with E-state index in [0.29, 0.717) is 25.4 Å². The predicted octanol–water partition coefficient (Wildman–Crippen LogP) is 1.53. The zero-order valence-corrected chi connectivity index (χ0v) is 11.7. The van der Waals surface area contributed by atoms with Crippen molar-refractivity contribution in [1.29, 1.82) is 0 Å². The predicted molar refractivity (Wildman–Crippen MR) is 76.9 cm³/mol. The van der Waals surface area contributed by atoms with Crippen LogP contribution in [0.15, 0.2) is 18.6 Å². The molecule has 7 nitrogen and oxygen atoms in total. The second-order valence-electron chi connectivity index (χ2n) is 4.14. The fourth-order valence-electron chi connectivity index (χ4n) is 1.83. The fourth-order valence-corrected chi connectivity index (χ4v) is 1.83. The largest absolute Gasteiger partial charge is 0.466 e. The first-order valence-corrected chi connectivity index (χ1v) is 6.71. The van der Waals surface area contributed by atoms with Crippen LogP contribution in [0.3, 0.4) is 0 Å². The van der Waals surface area contributed by atoms with E-state index >= 15 is 0 Å². The summed E-state index contributed by atoms with van der Waals surface area (Å²) >= 11 is 0. The number of aromatic nitrogens is 3. The van der Waals surface area contributed by atoms with Gasteiger partial charge in [-0.1, -0.05) is 0 Å². The van der Waals surface area contributed by atoms with E-state index in [0.717, 1.165) is 18.0 Å². The molecule has 0 radical (unpaired) electrons. The molecular formula is C13H19N5O2. The molecule has 2 N–H and O–H groups in total. The van der Waals surface area contributed by atoms with Gasteiger partial charge in [0.25, 0.3) is 0 Å². The zero-order valence-electron chi connectivity index (χ0n) is 11.7. The van der Waals surface area contributed by atoms with Crippen LogP contribution in [-0.2, 0) is 9.53 Å². The highest BCUT2D eigenvalue weighted by molar-refractivity contribution is 5.71. The maximum Gasteiger partial charge on any atom is 0.307 e. The van der Waals surface area contributed by atoms with Crippen molar-refractivity contribution in [3.63, 3.8) is 0 Å². The van der Waals surface area contributed by atoms with E-state index in [9.17, 15) is 4.79 Å². The molecule has 0 fully saturated rings. The lowest BCUT2D eigenvalue weighted by Gasteiger charge is -2.10. The van der Waals surface area contributed by atoms with Crippen LogP contribution in [0.5, 0.6) is 0 Å². The monoisotopic (exact) mass is 277 g/mol. The lowest BCUT2D eigenvalue weighted by molar-refractivity contribution is -0.142. The number of carbonyl (C=O) groups excluding carboxylic acids is 1. The first-order valence-electron chi connectivity index (χ1n) is 6.71. The van der Waals surface area contributed by atoms with Gasteiger partial charge < -0.3 is 19.8 Å². The number of hydrogen-bond donors (Lipinski definition) is 2. The number of nitrogens with zero attached hydrogens (tertiary/aromatic N) is 3. The van der Waals surface area contributed by atoms with Crippen LogP contribution >= 0.6 is 0 Å². The van der Waals surface area contributed by atoms with E-state index in [1.54, 1.807) is 13.1 Å². The second-order valence-corrected chi connectivity index (χ2v) is 4.14. The third-order valence-electron chi connectivity index (χ3n) is 2.66. The molecular weight excluding hydrogens is 258 g/mol. The molecule has 20 heavy (non-hydrogen) atoms. The molecule has 2 rings (SSSR count). The second kappa shape index (κ2) is 6.74. The van der Waals surface area contributed by atoms with E-state index in [1.807, 2.05) is 23.7 Å². The lowest BCUT2D eigenvalue weighted by Crippen LogP contribution is -2.13. The maximum absolute atomic E-state index is 11.3. The van der Waals surface area contributed by atoms with Gasteiger partial charge in [-0.25, -0.2) is 9.97 Å². The van der Waals surface area contributed by atoms with Gasteiger partial charge in [0.15, 0.2) is 11.5 Å². The summed E-state index contributed by atoms with van der Waals surface area (Å²) in [6.07, 6.45) is 5.74. The van der Waals surface area contributed by atoms with Crippen molar-refractivity contribution in [3.8, 4) is 0 Å². The minimum Gasteiger partial charge on any atom is -0.466 e. The molecule has 2 aromatic rings. The van der Waals surface area contributed by atoms with E-state index in [1.165, 1.54) is 0 Å². The molecule has 0 amide bonds. The lowest BCUT2D eigenvalue weighted by atomic mass is 10.4. The van der Waals surface area contributed by atoms with Gasteiger partial charge in [0.05, 0.1) is 19.2 Å².